The standard InChI is InChI=1S/C15H29N3O11/c16-7-11(23)9(21)5(1-19)28-13(7)18-4(14(25)26)3-27-15-8(17)12(24)10(22)6(2-20)29-15/h4-13,15,18-24H,1-3,16-17H2,(H,25,26)/t4-,5+,6+,7-,8-,9+,10+,11+,12+,13?,15?/m0/s1. The van der Waals surface area contributed by atoms with Gasteiger partial charge in [-0.1, -0.05) is 0 Å². The van der Waals surface area contributed by atoms with Crippen LogP contribution < -0.4 is 16.8 Å². The first kappa shape index (κ1) is 24.3. The first-order valence-electron chi connectivity index (χ1n) is 8.98. The van der Waals surface area contributed by atoms with Crippen molar-refractivity contribution in [3.05, 3.63) is 0 Å². The summed E-state index contributed by atoms with van der Waals surface area (Å²) in [7, 11) is 0. The number of hydrogen-bond donors (Lipinski definition) is 10. The monoisotopic (exact) mass is 427 g/mol. The van der Waals surface area contributed by atoms with Crippen LogP contribution in [0.3, 0.4) is 0 Å². The summed E-state index contributed by atoms with van der Waals surface area (Å²) in [5, 5.41) is 69.8. The molecular weight excluding hydrogens is 398 g/mol. The average molecular weight is 427 g/mol. The minimum absolute atomic E-state index is 0.552. The summed E-state index contributed by atoms with van der Waals surface area (Å²) < 4.78 is 15.9. The molecule has 0 aromatic rings. The Balaban J connectivity index is 2.00. The Morgan fingerprint density at radius 3 is 1.97 bits per heavy atom. The Labute approximate surface area is 165 Å². The fourth-order valence-electron chi connectivity index (χ4n) is 3.12. The second kappa shape index (κ2) is 10.3. The van der Waals surface area contributed by atoms with Crippen molar-refractivity contribution in [3.63, 3.8) is 0 Å². The summed E-state index contributed by atoms with van der Waals surface area (Å²) in [4.78, 5) is 11.6. The van der Waals surface area contributed by atoms with Gasteiger partial charge in [0.2, 0.25) is 0 Å². The van der Waals surface area contributed by atoms with E-state index in [1.54, 1.807) is 0 Å². The van der Waals surface area contributed by atoms with E-state index in [1.807, 2.05) is 0 Å². The Kier molecular flexibility index (Phi) is 8.65. The Bertz CT molecular complexity index is 540. The van der Waals surface area contributed by atoms with Crippen molar-refractivity contribution in [3.8, 4) is 0 Å². The van der Waals surface area contributed by atoms with Crippen LogP contribution in [-0.4, -0.2) is 129 Å². The van der Waals surface area contributed by atoms with Crippen LogP contribution in [0.2, 0.25) is 0 Å². The minimum Gasteiger partial charge on any atom is -0.480 e. The van der Waals surface area contributed by atoms with Crippen LogP contribution in [0.5, 0.6) is 0 Å². The van der Waals surface area contributed by atoms with Crippen molar-refractivity contribution < 1.29 is 54.8 Å². The van der Waals surface area contributed by atoms with E-state index in [1.165, 1.54) is 0 Å². The fourth-order valence-corrected chi connectivity index (χ4v) is 3.12. The zero-order chi connectivity index (χ0) is 21.9. The largest absolute Gasteiger partial charge is 0.480 e. The second-order valence-corrected chi connectivity index (χ2v) is 7.01. The molecule has 14 heteroatoms. The third-order valence-electron chi connectivity index (χ3n) is 5.00. The molecule has 0 aromatic carbocycles. The molecule has 0 aromatic heterocycles. The van der Waals surface area contributed by atoms with Crippen molar-refractivity contribution >= 4 is 5.97 Å². The molecule has 2 heterocycles. The highest BCUT2D eigenvalue weighted by Gasteiger charge is 2.45. The lowest BCUT2D eigenvalue weighted by atomic mass is 9.96. The van der Waals surface area contributed by atoms with Gasteiger partial charge in [0.1, 0.15) is 48.9 Å². The number of aliphatic hydroxyl groups is 6. The number of aliphatic hydroxyl groups excluding tert-OH is 6. The van der Waals surface area contributed by atoms with Crippen LogP contribution >= 0.6 is 0 Å². The van der Waals surface area contributed by atoms with Gasteiger partial charge in [0.25, 0.3) is 0 Å². The second-order valence-electron chi connectivity index (χ2n) is 7.01. The van der Waals surface area contributed by atoms with E-state index in [9.17, 15) is 40.5 Å². The summed E-state index contributed by atoms with van der Waals surface area (Å²) in [6.45, 7) is -1.81. The molecule has 0 amide bonds. The summed E-state index contributed by atoms with van der Waals surface area (Å²) >= 11 is 0. The Morgan fingerprint density at radius 2 is 1.45 bits per heavy atom. The number of carboxylic acid groups (broad SMARTS) is 1. The molecule has 12 N–H and O–H groups in total. The first-order chi connectivity index (χ1) is 13.6. The van der Waals surface area contributed by atoms with Crippen LogP contribution in [0.1, 0.15) is 0 Å². The molecule has 2 unspecified atom stereocenters. The number of carbonyl (C=O) groups is 1. The molecule has 0 bridgehead atoms. The highest BCUT2D eigenvalue weighted by atomic mass is 16.7. The van der Waals surface area contributed by atoms with E-state index in [0.29, 0.717) is 0 Å². The quantitative estimate of drug-likeness (QED) is 0.173. The van der Waals surface area contributed by atoms with Crippen molar-refractivity contribution in [1.29, 1.82) is 0 Å². The molecule has 0 spiro atoms. The average Bonchev–Trinajstić information content (AvgIpc) is 2.70. The van der Waals surface area contributed by atoms with Gasteiger partial charge in [0.05, 0.1) is 31.9 Å². The zero-order valence-electron chi connectivity index (χ0n) is 15.4. The Morgan fingerprint density at radius 1 is 0.931 bits per heavy atom. The van der Waals surface area contributed by atoms with Crippen molar-refractivity contribution in [2.45, 2.75) is 67.3 Å². The molecule has 2 aliphatic rings. The maximum absolute atomic E-state index is 11.6. The number of hydrogen-bond acceptors (Lipinski definition) is 13. The molecule has 2 rings (SSSR count). The number of rotatable bonds is 8. The van der Waals surface area contributed by atoms with Crippen molar-refractivity contribution in [2.24, 2.45) is 11.5 Å². The lowest BCUT2D eigenvalue weighted by molar-refractivity contribution is -0.267. The summed E-state index contributed by atoms with van der Waals surface area (Å²) in [6, 6.07) is -3.87. The molecule has 11 atom stereocenters. The van der Waals surface area contributed by atoms with E-state index < -0.39 is 93.1 Å². The number of ether oxygens (including phenoxy) is 3. The van der Waals surface area contributed by atoms with Gasteiger partial charge in [-0.25, -0.2) is 0 Å². The maximum Gasteiger partial charge on any atom is 0.323 e. The molecule has 14 nitrogen and oxygen atoms in total. The number of nitrogens with one attached hydrogen (secondary N) is 1. The van der Waals surface area contributed by atoms with E-state index in [2.05, 4.69) is 5.32 Å². The smallest absolute Gasteiger partial charge is 0.323 e. The van der Waals surface area contributed by atoms with Gasteiger partial charge in [-0.15, -0.1) is 0 Å². The molecule has 2 aliphatic heterocycles. The SMILES string of the molecule is N[C@@H]1C(N[C@@H](COC2O[C@H](CO)[C@@H](O)[C@H](O)[C@@H]2N)C(=O)O)O[C@H](CO)[C@@H](O)[C@@H]1O. The van der Waals surface area contributed by atoms with Gasteiger partial charge < -0.3 is 61.4 Å². The van der Waals surface area contributed by atoms with E-state index in [0.717, 1.165) is 0 Å². The molecule has 170 valence electrons. The normalized spacial score (nSPS) is 44.4. The van der Waals surface area contributed by atoms with Crippen LogP contribution in [-0.2, 0) is 19.0 Å². The molecule has 29 heavy (non-hydrogen) atoms. The third kappa shape index (κ3) is 5.38. The van der Waals surface area contributed by atoms with Gasteiger partial charge in [-0.3, -0.25) is 10.1 Å². The predicted molar refractivity (Wildman–Crippen MR) is 92.0 cm³/mol. The van der Waals surface area contributed by atoms with Crippen LogP contribution in [0.25, 0.3) is 0 Å². The number of carboxylic acids is 1. The van der Waals surface area contributed by atoms with Gasteiger partial charge in [0, 0.05) is 0 Å². The number of nitrogens with two attached hydrogens (primary N) is 2. The van der Waals surface area contributed by atoms with Gasteiger partial charge in [0.15, 0.2) is 6.29 Å². The molecule has 2 saturated heterocycles. The number of aliphatic carboxylic acids is 1. The van der Waals surface area contributed by atoms with Gasteiger partial charge in [-0.05, 0) is 0 Å². The highest BCUT2D eigenvalue weighted by molar-refractivity contribution is 5.73. The Hall–Kier alpha value is -1.01. The summed E-state index contributed by atoms with van der Waals surface area (Å²) in [5.74, 6) is -1.38. The van der Waals surface area contributed by atoms with E-state index in [-0.39, 0.29) is 0 Å². The minimum atomic E-state index is -1.48. The highest BCUT2D eigenvalue weighted by Crippen LogP contribution is 2.22. The molecule has 2 fully saturated rings. The zero-order valence-corrected chi connectivity index (χ0v) is 15.4. The third-order valence-corrected chi connectivity index (χ3v) is 5.00. The summed E-state index contributed by atoms with van der Waals surface area (Å²) in [6.07, 6.45) is -10.8. The summed E-state index contributed by atoms with van der Waals surface area (Å²) in [5.41, 5.74) is 11.5. The van der Waals surface area contributed by atoms with Crippen molar-refractivity contribution in [1.82, 2.24) is 5.32 Å². The van der Waals surface area contributed by atoms with Gasteiger partial charge in [-0.2, -0.15) is 0 Å². The topological polar surface area (TPSA) is 250 Å². The van der Waals surface area contributed by atoms with E-state index in [4.69, 9.17) is 25.7 Å². The fraction of sp³-hybridized carbons (Fsp3) is 0.933. The molecule has 0 radical (unpaired) electrons. The maximum atomic E-state index is 11.6. The molecule has 0 saturated carbocycles. The molecular formula is C15H29N3O11. The van der Waals surface area contributed by atoms with Crippen LogP contribution in [0.4, 0.5) is 0 Å². The van der Waals surface area contributed by atoms with Crippen LogP contribution in [0, 0.1) is 0 Å². The van der Waals surface area contributed by atoms with Gasteiger partial charge >= 0.3 is 5.97 Å². The first-order valence-corrected chi connectivity index (χ1v) is 8.98. The van der Waals surface area contributed by atoms with E-state index >= 15 is 0 Å². The predicted octanol–water partition coefficient (Wildman–Crippen LogP) is -6.42. The van der Waals surface area contributed by atoms with Crippen molar-refractivity contribution in [2.75, 3.05) is 19.8 Å². The lowest BCUT2D eigenvalue weighted by Crippen LogP contribution is -2.68. The lowest BCUT2D eigenvalue weighted by Gasteiger charge is -2.42. The molecule has 0 aliphatic carbocycles. The van der Waals surface area contributed by atoms with Crippen LogP contribution in [0.15, 0.2) is 0 Å².